The predicted octanol–water partition coefficient (Wildman–Crippen LogP) is 2.85. The molecule has 0 bridgehead atoms. The molecule has 0 aliphatic heterocycles. The molecular weight excluding hydrogens is 266 g/mol. The summed E-state index contributed by atoms with van der Waals surface area (Å²) in [5, 5.41) is 8.64. The number of hydrogen-bond acceptors (Lipinski definition) is 3. The molecule has 3 rings (SSSR count). The van der Waals surface area contributed by atoms with Gasteiger partial charge in [-0.1, -0.05) is 36.4 Å². The number of fused-ring (bicyclic) bond motifs is 1. The van der Waals surface area contributed by atoms with E-state index in [1.807, 2.05) is 42.5 Å². The summed E-state index contributed by atoms with van der Waals surface area (Å²) in [7, 11) is 0. The Morgan fingerprint density at radius 3 is 2.71 bits per heavy atom. The van der Waals surface area contributed by atoms with Crippen LogP contribution in [0.1, 0.15) is 21.7 Å². The van der Waals surface area contributed by atoms with Gasteiger partial charge in [0.1, 0.15) is 5.82 Å². The Hall–Kier alpha value is -2.92. The van der Waals surface area contributed by atoms with E-state index in [0.29, 0.717) is 11.4 Å². The predicted molar refractivity (Wildman–Crippen MR) is 80.7 cm³/mol. The van der Waals surface area contributed by atoms with Crippen molar-refractivity contribution in [2.45, 2.75) is 0 Å². The number of hydrogen-bond donors (Lipinski definition) is 3. The van der Waals surface area contributed by atoms with Crippen LogP contribution >= 0.6 is 0 Å². The Balaban J connectivity index is 1.91. The lowest BCUT2D eigenvalue weighted by molar-refractivity contribution is 0.0706. The summed E-state index contributed by atoms with van der Waals surface area (Å²) in [6.07, 6.45) is 3.83. The van der Waals surface area contributed by atoms with Crippen LogP contribution in [0.5, 0.6) is 0 Å². The Morgan fingerprint density at radius 2 is 1.95 bits per heavy atom. The van der Waals surface area contributed by atoms with E-state index in [1.54, 1.807) is 23.7 Å². The largest absolute Gasteiger partial charge is 0.338 e. The monoisotopic (exact) mass is 279 g/mol. The lowest BCUT2D eigenvalue weighted by atomic mass is 10.2. The second-order valence-electron chi connectivity index (χ2n) is 4.54. The quantitative estimate of drug-likeness (QED) is 0.509. The van der Waals surface area contributed by atoms with Gasteiger partial charge in [0.2, 0.25) is 0 Å². The Kier molecular flexibility index (Phi) is 3.49. The number of aromatic amines is 1. The van der Waals surface area contributed by atoms with E-state index in [4.69, 9.17) is 5.21 Å². The third-order valence-electron chi connectivity index (χ3n) is 3.10. The Morgan fingerprint density at radius 1 is 1.14 bits per heavy atom. The molecule has 5 heteroatoms. The lowest BCUT2D eigenvalue weighted by Crippen LogP contribution is -2.18. The number of amides is 1. The molecule has 1 amide bonds. The molecule has 0 radical (unpaired) electrons. The molecule has 0 unspecified atom stereocenters. The molecule has 104 valence electrons. The minimum absolute atomic E-state index is 0.368. The molecule has 21 heavy (non-hydrogen) atoms. The molecule has 5 nitrogen and oxygen atoms in total. The first-order valence-corrected chi connectivity index (χ1v) is 6.43. The standard InChI is InChI=1S/C16H13N3O2/c20-16(19-21)12-7-8-13-14(10-12)18-15(17-13)9-6-11-4-2-1-3-5-11/h1-10,21H,(H,17,18)(H,19,20)/b9-6+. The van der Waals surface area contributed by atoms with Crippen molar-refractivity contribution in [2.24, 2.45) is 0 Å². The van der Waals surface area contributed by atoms with Gasteiger partial charge in [-0.25, -0.2) is 10.5 Å². The van der Waals surface area contributed by atoms with Crippen molar-refractivity contribution in [1.82, 2.24) is 15.4 Å². The maximum atomic E-state index is 11.4. The normalized spacial score (nSPS) is 11.1. The van der Waals surface area contributed by atoms with Crippen LogP contribution in [0.2, 0.25) is 0 Å². The van der Waals surface area contributed by atoms with Crippen LogP contribution in [0.15, 0.2) is 48.5 Å². The molecule has 1 heterocycles. The van der Waals surface area contributed by atoms with Crippen LogP contribution < -0.4 is 5.48 Å². The number of hydroxylamine groups is 1. The number of carbonyl (C=O) groups excluding carboxylic acids is 1. The van der Waals surface area contributed by atoms with E-state index >= 15 is 0 Å². The molecule has 0 spiro atoms. The topological polar surface area (TPSA) is 78.0 Å². The van der Waals surface area contributed by atoms with Crippen molar-refractivity contribution in [3.05, 3.63) is 65.5 Å². The zero-order valence-corrected chi connectivity index (χ0v) is 11.1. The summed E-state index contributed by atoms with van der Waals surface area (Å²) in [6.45, 7) is 0. The molecule has 0 aliphatic carbocycles. The van der Waals surface area contributed by atoms with Crippen LogP contribution in [0.4, 0.5) is 0 Å². The summed E-state index contributed by atoms with van der Waals surface area (Å²) in [5.74, 6) is 0.156. The summed E-state index contributed by atoms with van der Waals surface area (Å²) in [4.78, 5) is 18.9. The van der Waals surface area contributed by atoms with Gasteiger partial charge in [-0.3, -0.25) is 10.0 Å². The average Bonchev–Trinajstić information content (AvgIpc) is 2.95. The summed E-state index contributed by atoms with van der Waals surface area (Å²) in [6, 6.07) is 14.9. The summed E-state index contributed by atoms with van der Waals surface area (Å²) in [5.41, 5.74) is 4.56. The zero-order chi connectivity index (χ0) is 14.7. The van der Waals surface area contributed by atoms with E-state index in [9.17, 15) is 4.79 Å². The molecular formula is C16H13N3O2. The van der Waals surface area contributed by atoms with E-state index in [-0.39, 0.29) is 0 Å². The third-order valence-corrected chi connectivity index (χ3v) is 3.10. The highest BCUT2D eigenvalue weighted by atomic mass is 16.5. The Bertz CT molecular complexity index is 807. The van der Waals surface area contributed by atoms with Gasteiger partial charge >= 0.3 is 0 Å². The zero-order valence-electron chi connectivity index (χ0n) is 11.1. The average molecular weight is 279 g/mol. The molecule has 3 N–H and O–H groups in total. The van der Waals surface area contributed by atoms with Gasteiger partial charge in [0, 0.05) is 5.56 Å². The number of nitrogens with zero attached hydrogens (tertiary/aromatic N) is 1. The van der Waals surface area contributed by atoms with Crippen LogP contribution in [0.3, 0.4) is 0 Å². The first-order valence-electron chi connectivity index (χ1n) is 6.43. The maximum Gasteiger partial charge on any atom is 0.274 e. The highest BCUT2D eigenvalue weighted by Gasteiger charge is 2.07. The highest BCUT2D eigenvalue weighted by Crippen LogP contribution is 2.15. The number of nitrogens with one attached hydrogen (secondary N) is 2. The third kappa shape index (κ3) is 2.82. The van der Waals surface area contributed by atoms with E-state index < -0.39 is 5.91 Å². The SMILES string of the molecule is O=C(NO)c1ccc2nc(/C=C/c3ccccc3)[nH]c2c1. The molecule has 0 saturated heterocycles. The van der Waals surface area contributed by atoms with Gasteiger partial charge in [0.05, 0.1) is 11.0 Å². The van der Waals surface area contributed by atoms with Gasteiger partial charge in [0.15, 0.2) is 0 Å². The van der Waals surface area contributed by atoms with E-state index in [2.05, 4.69) is 9.97 Å². The summed E-state index contributed by atoms with van der Waals surface area (Å²) < 4.78 is 0. The molecule has 2 aromatic carbocycles. The molecule has 1 aromatic heterocycles. The van der Waals surface area contributed by atoms with Crippen molar-refractivity contribution in [1.29, 1.82) is 0 Å². The van der Waals surface area contributed by atoms with Crippen molar-refractivity contribution >= 4 is 29.1 Å². The van der Waals surface area contributed by atoms with Gasteiger partial charge < -0.3 is 4.98 Å². The van der Waals surface area contributed by atoms with Crippen LogP contribution in [0, 0.1) is 0 Å². The van der Waals surface area contributed by atoms with Crippen molar-refractivity contribution in [2.75, 3.05) is 0 Å². The van der Waals surface area contributed by atoms with Gasteiger partial charge in [-0.2, -0.15) is 0 Å². The van der Waals surface area contributed by atoms with Crippen LogP contribution in [-0.4, -0.2) is 21.1 Å². The van der Waals surface area contributed by atoms with Gasteiger partial charge in [-0.15, -0.1) is 0 Å². The van der Waals surface area contributed by atoms with Crippen molar-refractivity contribution in [3.8, 4) is 0 Å². The fourth-order valence-electron chi connectivity index (χ4n) is 2.05. The number of imidazole rings is 1. The molecule has 0 fully saturated rings. The minimum Gasteiger partial charge on any atom is -0.338 e. The fraction of sp³-hybridized carbons (Fsp3) is 0. The number of aromatic nitrogens is 2. The van der Waals surface area contributed by atoms with Crippen LogP contribution in [-0.2, 0) is 0 Å². The highest BCUT2D eigenvalue weighted by molar-refractivity contribution is 5.96. The molecule has 0 atom stereocenters. The fourth-order valence-corrected chi connectivity index (χ4v) is 2.05. The maximum absolute atomic E-state index is 11.4. The lowest BCUT2D eigenvalue weighted by Gasteiger charge is -1.97. The van der Waals surface area contributed by atoms with Crippen molar-refractivity contribution in [3.63, 3.8) is 0 Å². The smallest absolute Gasteiger partial charge is 0.274 e. The molecule has 0 aliphatic rings. The first-order chi connectivity index (χ1) is 10.3. The van der Waals surface area contributed by atoms with Gasteiger partial charge in [-0.05, 0) is 29.8 Å². The minimum atomic E-state index is -0.548. The van der Waals surface area contributed by atoms with Gasteiger partial charge in [0.25, 0.3) is 5.91 Å². The van der Waals surface area contributed by atoms with Crippen molar-refractivity contribution < 1.29 is 10.0 Å². The number of benzene rings is 2. The van der Waals surface area contributed by atoms with E-state index in [0.717, 1.165) is 16.6 Å². The molecule has 3 aromatic rings. The molecule has 0 saturated carbocycles. The number of rotatable bonds is 3. The van der Waals surface area contributed by atoms with Crippen LogP contribution in [0.25, 0.3) is 23.2 Å². The second kappa shape index (κ2) is 5.60. The summed E-state index contributed by atoms with van der Waals surface area (Å²) >= 11 is 0. The number of H-pyrrole nitrogens is 1. The Labute approximate surface area is 120 Å². The first kappa shape index (κ1) is 13.1. The number of carbonyl (C=O) groups is 1. The van der Waals surface area contributed by atoms with E-state index in [1.165, 1.54) is 0 Å². The second-order valence-corrected chi connectivity index (χ2v) is 4.54.